The molecule has 13 heavy (non-hydrogen) atoms. The molecule has 0 aromatic carbocycles. The predicted molar refractivity (Wildman–Crippen MR) is 54.0 cm³/mol. The van der Waals surface area contributed by atoms with E-state index in [0.717, 1.165) is 19.4 Å². The number of hydrazine groups is 1. The van der Waals surface area contributed by atoms with Gasteiger partial charge in [-0.1, -0.05) is 32.1 Å². The van der Waals surface area contributed by atoms with Gasteiger partial charge in [0.05, 0.1) is 13.3 Å². The van der Waals surface area contributed by atoms with E-state index in [1.54, 1.807) is 0 Å². The summed E-state index contributed by atoms with van der Waals surface area (Å²) in [6, 6.07) is 0.836. The van der Waals surface area contributed by atoms with Crippen molar-refractivity contribution in [2.45, 2.75) is 51.0 Å². The molecule has 0 atom stereocenters. The van der Waals surface area contributed by atoms with Gasteiger partial charge in [0.15, 0.2) is 0 Å². The lowest BCUT2D eigenvalue weighted by molar-refractivity contribution is 0.198. The lowest BCUT2D eigenvalue weighted by Crippen LogP contribution is -2.34. The Bertz CT molecular complexity index is 135. The van der Waals surface area contributed by atoms with Crippen LogP contribution in [0.4, 0.5) is 0 Å². The van der Waals surface area contributed by atoms with Crippen LogP contribution in [0.15, 0.2) is 0 Å². The van der Waals surface area contributed by atoms with Gasteiger partial charge in [-0.05, 0) is 12.8 Å². The van der Waals surface area contributed by atoms with Gasteiger partial charge in [0.1, 0.15) is 0 Å². The highest BCUT2D eigenvalue weighted by atomic mass is 15.5. The molecule has 0 unspecified atom stereocenters. The van der Waals surface area contributed by atoms with Crippen LogP contribution in [0.2, 0.25) is 0 Å². The molecule has 2 aliphatic rings. The van der Waals surface area contributed by atoms with Crippen molar-refractivity contribution in [2.75, 3.05) is 13.3 Å². The maximum absolute atomic E-state index is 3.18. The second kappa shape index (κ2) is 4.94. The summed E-state index contributed by atoms with van der Waals surface area (Å²) in [6.07, 6.45) is 10.0. The Kier molecular flexibility index (Phi) is 3.58. The van der Waals surface area contributed by atoms with Crippen LogP contribution >= 0.6 is 0 Å². The number of nitrogens with zero attached hydrogens (tertiary/aromatic N) is 1. The van der Waals surface area contributed by atoms with Gasteiger partial charge in [-0.25, -0.2) is 10.9 Å². The highest BCUT2D eigenvalue weighted by Crippen LogP contribution is 2.21. The Morgan fingerprint density at radius 1 is 0.769 bits per heavy atom. The van der Waals surface area contributed by atoms with Crippen molar-refractivity contribution < 1.29 is 0 Å². The molecule has 2 N–H and O–H groups in total. The fourth-order valence-electron chi connectivity index (χ4n) is 2.43. The number of nitrogens with one attached hydrogen (secondary N) is 2. The van der Waals surface area contributed by atoms with E-state index in [-0.39, 0.29) is 0 Å². The fourth-order valence-corrected chi connectivity index (χ4v) is 2.43. The molecule has 2 rings (SSSR count). The summed E-state index contributed by atoms with van der Waals surface area (Å²) < 4.78 is 0. The van der Waals surface area contributed by atoms with E-state index >= 15 is 0 Å². The first-order chi connectivity index (χ1) is 6.47. The Morgan fingerprint density at radius 2 is 1.31 bits per heavy atom. The Balaban J connectivity index is 1.80. The first-order valence-electron chi connectivity index (χ1n) is 5.66. The van der Waals surface area contributed by atoms with Crippen LogP contribution in [-0.2, 0) is 0 Å². The van der Waals surface area contributed by atoms with Gasteiger partial charge in [0, 0.05) is 6.04 Å². The highest BCUT2D eigenvalue weighted by Gasteiger charge is 2.21. The zero-order chi connectivity index (χ0) is 8.93. The Labute approximate surface area is 80.8 Å². The molecule has 2 fully saturated rings. The van der Waals surface area contributed by atoms with E-state index in [4.69, 9.17) is 0 Å². The minimum Gasteiger partial charge on any atom is -0.273 e. The summed E-state index contributed by atoms with van der Waals surface area (Å²) in [5.74, 6) is 0. The van der Waals surface area contributed by atoms with Crippen molar-refractivity contribution in [1.82, 2.24) is 15.8 Å². The van der Waals surface area contributed by atoms with E-state index in [0.29, 0.717) is 0 Å². The van der Waals surface area contributed by atoms with Gasteiger partial charge in [-0.3, -0.25) is 4.90 Å². The smallest absolute Gasteiger partial charge is 0.0629 e. The molecular formula is C10H21N3. The molecule has 0 amide bonds. The van der Waals surface area contributed by atoms with Crippen molar-refractivity contribution in [1.29, 1.82) is 0 Å². The summed E-state index contributed by atoms with van der Waals surface area (Å²) in [6.45, 7) is 2.06. The van der Waals surface area contributed by atoms with Crippen molar-refractivity contribution in [3.63, 3.8) is 0 Å². The van der Waals surface area contributed by atoms with Crippen LogP contribution in [0.5, 0.6) is 0 Å². The molecule has 1 aliphatic heterocycles. The molecule has 0 aromatic rings. The third-order valence-electron chi connectivity index (χ3n) is 3.28. The molecule has 1 aliphatic carbocycles. The maximum Gasteiger partial charge on any atom is 0.0629 e. The average molecular weight is 183 g/mol. The lowest BCUT2D eigenvalue weighted by Gasteiger charge is -2.27. The van der Waals surface area contributed by atoms with E-state index in [1.807, 2.05) is 0 Å². The van der Waals surface area contributed by atoms with E-state index in [1.165, 1.54) is 44.9 Å². The van der Waals surface area contributed by atoms with E-state index < -0.39 is 0 Å². The van der Waals surface area contributed by atoms with Crippen molar-refractivity contribution in [3.05, 3.63) is 0 Å². The molecule has 1 saturated heterocycles. The molecule has 0 radical (unpaired) electrons. The summed E-state index contributed by atoms with van der Waals surface area (Å²) in [7, 11) is 0. The molecule has 1 saturated carbocycles. The summed E-state index contributed by atoms with van der Waals surface area (Å²) in [5.41, 5.74) is 6.36. The minimum absolute atomic E-state index is 0.836. The molecule has 3 heteroatoms. The van der Waals surface area contributed by atoms with Crippen molar-refractivity contribution in [2.24, 2.45) is 0 Å². The summed E-state index contributed by atoms with van der Waals surface area (Å²) in [4.78, 5) is 2.53. The molecule has 76 valence electrons. The number of rotatable bonds is 1. The molecule has 0 aromatic heterocycles. The van der Waals surface area contributed by atoms with Crippen LogP contribution in [-0.4, -0.2) is 24.3 Å². The zero-order valence-electron chi connectivity index (χ0n) is 8.39. The van der Waals surface area contributed by atoms with Gasteiger partial charge in [0.25, 0.3) is 0 Å². The van der Waals surface area contributed by atoms with Gasteiger partial charge in [0.2, 0.25) is 0 Å². The van der Waals surface area contributed by atoms with Gasteiger partial charge >= 0.3 is 0 Å². The number of hydrogen-bond donors (Lipinski definition) is 2. The SMILES string of the molecule is C1CCCC(N2CNNC2)CCC1. The quantitative estimate of drug-likeness (QED) is 0.644. The van der Waals surface area contributed by atoms with Crippen LogP contribution in [0.1, 0.15) is 44.9 Å². The van der Waals surface area contributed by atoms with Crippen LogP contribution in [0.25, 0.3) is 0 Å². The minimum atomic E-state index is 0.836. The molecule has 1 heterocycles. The summed E-state index contributed by atoms with van der Waals surface area (Å²) >= 11 is 0. The first-order valence-corrected chi connectivity index (χ1v) is 5.66. The van der Waals surface area contributed by atoms with Gasteiger partial charge in [-0.15, -0.1) is 0 Å². The number of hydrogen-bond acceptors (Lipinski definition) is 3. The summed E-state index contributed by atoms with van der Waals surface area (Å²) in [5, 5.41) is 0. The monoisotopic (exact) mass is 183 g/mol. The molecule has 3 nitrogen and oxygen atoms in total. The molecular weight excluding hydrogens is 162 g/mol. The lowest BCUT2D eigenvalue weighted by atomic mass is 9.96. The standard InChI is InChI=1S/C10H21N3/c1-2-4-6-10(7-5-3-1)13-8-11-12-9-13/h10-12H,1-9H2. The zero-order valence-corrected chi connectivity index (χ0v) is 8.39. The van der Waals surface area contributed by atoms with Crippen molar-refractivity contribution in [3.8, 4) is 0 Å². The fraction of sp³-hybridized carbons (Fsp3) is 1.00. The highest BCUT2D eigenvalue weighted by molar-refractivity contribution is 4.74. The largest absolute Gasteiger partial charge is 0.273 e. The van der Waals surface area contributed by atoms with Gasteiger partial charge < -0.3 is 0 Å². The van der Waals surface area contributed by atoms with Crippen LogP contribution in [0.3, 0.4) is 0 Å². The second-order valence-electron chi connectivity index (χ2n) is 4.26. The second-order valence-corrected chi connectivity index (χ2v) is 4.26. The molecule has 0 bridgehead atoms. The third-order valence-corrected chi connectivity index (χ3v) is 3.28. The normalized spacial score (nSPS) is 28.6. The van der Waals surface area contributed by atoms with Crippen molar-refractivity contribution >= 4 is 0 Å². The molecule has 0 spiro atoms. The van der Waals surface area contributed by atoms with Crippen LogP contribution in [0, 0.1) is 0 Å². The predicted octanol–water partition coefficient (Wildman–Crippen LogP) is 1.42. The topological polar surface area (TPSA) is 27.3 Å². The first kappa shape index (κ1) is 9.44. The van der Waals surface area contributed by atoms with E-state index in [9.17, 15) is 0 Å². The third kappa shape index (κ3) is 2.66. The van der Waals surface area contributed by atoms with E-state index in [2.05, 4.69) is 15.8 Å². The van der Waals surface area contributed by atoms with Crippen LogP contribution < -0.4 is 10.9 Å². The Morgan fingerprint density at radius 3 is 1.92 bits per heavy atom. The Hall–Kier alpha value is -0.120. The average Bonchev–Trinajstić information content (AvgIpc) is 2.55. The maximum atomic E-state index is 3.18. The van der Waals surface area contributed by atoms with Gasteiger partial charge in [-0.2, -0.15) is 0 Å².